The fourth-order valence-electron chi connectivity index (χ4n) is 2.32. The van der Waals surface area contributed by atoms with E-state index in [2.05, 4.69) is 5.32 Å². The van der Waals surface area contributed by atoms with Crippen molar-refractivity contribution in [3.8, 4) is 0 Å². The topological polar surface area (TPSA) is 62.6 Å². The lowest BCUT2D eigenvalue weighted by molar-refractivity contribution is -0.133. The lowest BCUT2D eigenvalue weighted by Gasteiger charge is -2.17. The van der Waals surface area contributed by atoms with Gasteiger partial charge in [0.25, 0.3) is 0 Å². The van der Waals surface area contributed by atoms with E-state index < -0.39 is 0 Å². The fourth-order valence-corrected chi connectivity index (χ4v) is 2.32. The SMILES string of the molecule is CCc1ccccc1NC(=O)CN(C)C(=O)CCc1ccco1. The van der Waals surface area contributed by atoms with Gasteiger partial charge in [-0.05, 0) is 30.2 Å². The average molecular weight is 314 g/mol. The van der Waals surface area contributed by atoms with E-state index in [1.807, 2.05) is 37.3 Å². The van der Waals surface area contributed by atoms with Crippen molar-refractivity contribution in [1.29, 1.82) is 0 Å². The molecule has 122 valence electrons. The van der Waals surface area contributed by atoms with Crippen LogP contribution in [0.5, 0.6) is 0 Å². The zero-order chi connectivity index (χ0) is 16.7. The minimum absolute atomic E-state index is 0.0367. The largest absolute Gasteiger partial charge is 0.469 e. The lowest BCUT2D eigenvalue weighted by atomic mass is 10.1. The Bertz CT molecular complexity index is 650. The summed E-state index contributed by atoms with van der Waals surface area (Å²) in [4.78, 5) is 25.6. The monoisotopic (exact) mass is 314 g/mol. The molecule has 5 heteroatoms. The van der Waals surface area contributed by atoms with Gasteiger partial charge in [0.05, 0.1) is 12.8 Å². The van der Waals surface area contributed by atoms with E-state index in [0.29, 0.717) is 12.8 Å². The summed E-state index contributed by atoms with van der Waals surface area (Å²) in [5.74, 6) is 0.494. The van der Waals surface area contributed by atoms with E-state index in [1.54, 1.807) is 19.4 Å². The number of anilines is 1. The van der Waals surface area contributed by atoms with Crippen LogP contribution in [-0.2, 0) is 22.4 Å². The number of hydrogen-bond donors (Lipinski definition) is 1. The molecular weight excluding hydrogens is 292 g/mol. The Hall–Kier alpha value is -2.56. The van der Waals surface area contributed by atoms with Crippen LogP contribution in [-0.4, -0.2) is 30.3 Å². The number of nitrogens with one attached hydrogen (secondary N) is 1. The highest BCUT2D eigenvalue weighted by Crippen LogP contribution is 2.15. The van der Waals surface area contributed by atoms with Crippen LogP contribution >= 0.6 is 0 Å². The van der Waals surface area contributed by atoms with Gasteiger partial charge < -0.3 is 14.6 Å². The standard InChI is InChI=1S/C18H22N2O3/c1-3-14-7-4-5-9-16(14)19-17(21)13-20(2)18(22)11-10-15-8-6-12-23-15/h4-9,12H,3,10-11,13H2,1-2H3,(H,19,21). The highest BCUT2D eigenvalue weighted by molar-refractivity contribution is 5.95. The van der Waals surface area contributed by atoms with Crippen LogP contribution in [0.2, 0.25) is 0 Å². The van der Waals surface area contributed by atoms with Gasteiger partial charge in [-0.25, -0.2) is 0 Å². The molecule has 0 aliphatic heterocycles. The maximum Gasteiger partial charge on any atom is 0.243 e. The predicted molar refractivity (Wildman–Crippen MR) is 89.1 cm³/mol. The van der Waals surface area contributed by atoms with Gasteiger partial charge in [0.2, 0.25) is 11.8 Å². The minimum Gasteiger partial charge on any atom is -0.469 e. The van der Waals surface area contributed by atoms with E-state index in [9.17, 15) is 9.59 Å². The van der Waals surface area contributed by atoms with Gasteiger partial charge >= 0.3 is 0 Å². The van der Waals surface area contributed by atoms with Crippen molar-refractivity contribution in [1.82, 2.24) is 4.90 Å². The quantitative estimate of drug-likeness (QED) is 0.855. The second-order valence-corrected chi connectivity index (χ2v) is 5.39. The number of para-hydroxylation sites is 1. The van der Waals surface area contributed by atoms with Gasteiger partial charge in [-0.3, -0.25) is 9.59 Å². The number of carbonyl (C=O) groups is 2. The van der Waals surface area contributed by atoms with E-state index in [-0.39, 0.29) is 18.4 Å². The molecule has 0 unspecified atom stereocenters. The Kier molecular flexibility index (Phi) is 5.97. The van der Waals surface area contributed by atoms with Crippen LogP contribution in [0, 0.1) is 0 Å². The molecule has 0 fully saturated rings. The van der Waals surface area contributed by atoms with Crippen molar-refractivity contribution >= 4 is 17.5 Å². The third-order valence-electron chi connectivity index (χ3n) is 3.64. The third-order valence-corrected chi connectivity index (χ3v) is 3.64. The summed E-state index contributed by atoms with van der Waals surface area (Å²) in [5.41, 5.74) is 1.88. The Labute approximate surface area is 136 Å². The van der Waals surface area contributed by atoms with Crippen molar-refractivity contribution in [2.24, 2.45) is 0 Å². The highest BCUT2D eigenvalue weighted by Gasteiger charge is 2.14. The number of hydrogen-bond acceptors (Lipinski definition) is 3. The van der Waals surface area contributed by atoms with Gasteiger partial charge in [0.1, 0.15) is 5.76 Å². The molecule has 5 nitrogen and oxygen atoms in total. The van der Waals surface area contributed by atoms with Gasteiger partial charge in [0, 0.05) is 25.6 Å². The van der Waals surface area contributed by atoms with Crippen LogP contribution in [0.1, 0.15) is 24.7 Å². The summed E-state index contributed by atoms with van der Waals surface area (Å²) in [6.45, 7) is 2.07. The second kappa shape index (κ2) is 8.17. The minimum atomic E-state index is -0.195. The zero-order valence-corrected chi connectivity index (χ0v) is 13.5. The Morgan fingerprint density at radius 2 is 1.96 bits per heavy atom. The molecular formula is C18H22N2O3. The molecule has 2 amide bonds. The van der Waals surface area contributed by atoms with E-state index in [4.69, 9.17) is 4.42 Å². The number of carbonyl (C=O) groups excluding carboxylic acids is 2. The van der Waals surface area contributed by atoms with Crippen LogP contribution in [0.3, 0.4) is 0 Å². The second-order valence-electron chi connectivity index (χ2n) is 5.39. The maximum atomic E-state index is 12.1. The molecule has 0 saturated carbocycles. The molecule has 1 N–H and O–H groups in total. The van der Waals surface area contributed by atoms with Crippen molar-refractivity contribution in [3.05, 3.63) is 54.0 Å². The van der Waals surface area contributed by atoms with Gasteiger partial charge in [0.15, 0.2) is 0 Å². The van der Waals surface area contributed by atoms with Gasteiger partial charge in [-0.15, -0.1) is 0 Å². The van der Waals surface area contributed by atoms with Crippen molar-refractivity contribution < 1.29 is 14.0 Å². The van der Waals surface area contributed by atoms with Crippen molar-refractivity contribution in [2.45, 2.75) is 26.2 Å². The number of nitrogens with zero attached hydrogens (tertiary/aromatic N) is 1. The smallest absolute Gasteiger partial charge is 0.243 e. The summed E-state index contributed by atoms with van der Waals surface area (Å²) in [6.07, 6.45) is 3.29. The van der Waals surface area contributed by atoms with E-state index in [1.165, 1.54) is 4.90 Å². The lowest BCUT2D eigenvalue weighted by Crippen LogP contribution is -2.35. The number of amides is 2. The normalized spacial score (nSPS) is 10.3. The maximum absolute atomic E-state index is 12.1. The molecule has 23 heavy (non-hydrogen) atoms. The number of likely N-dealkylation sites (N-methyl/N-ethyl adjacent to an activating group) is 1. The number of aryl methyl sites for hydroxylation is 2. The first-order valence-electron chi connectivity index (χ1n) is 7.74. The summed E-state index contributed by atoms with van der Waals surface area (Å²) >= 11 is 0. The van der Waals surface area contributed by atoms with Crippen molar-refractivity contribution in [2.75, 3.05) is 18.9 Å². The van der Waals surface area contributed by atoms with Crippen LogP contribution in [0.25, 0.3) is 0 Å². The molecule has 0 spiro atoms. The van der Waals surface area contributed by atoms with Crippen molar-refractivity contribution in [3.63, 3.8) is 0 Å². The fraction of sp³-hybridized carbons (Fsp3) is 0.333. The highest BCUT2D eigenvalue weighted by atomic mass is 16.3. The Balaban J connectivity index is 1.82. The molecule has 1 aromatic carbocycles. The Morgan fingerprint density at radius 1 is 1.17 bits per heavy atom. The number of benzene rings is 1. The molecule has 0 aliphatic carbocycles. The molecule has 0 bridgehead atoms. The molecule has 2 rings (SSSR count). The molecule has 0 aliphatic rings. The molecule has 1 heterocycles. The van der Waals surface area contributed by atoms with E-state index >= 15 is 0 Å². The van der Waals surface area contributed by atoms with Crippen LogP contribution < -0.4 is 5.32 Å². The molecule has 0 radical (unpaired) electrons. The van der Waals surface area contributed by atoms with Gasteiger partial charge in [-0.1, -0.05) is 25.1 Å². The predicted octanol–water partition coefficient (Wildman–Crippen LogP) is 2.87. The molecule has 2 aromatic rings. The first-order chi connectivity index (χ1) is 11.1. The molecule has 0 atom stereocenters. The van der Waals surface area contributed by atoms with Gasteiger partial charge in [-0.2, -0.15) is 0 Å². The zero-order valence-electron chi connectivity index (χ0n) is 13.5. The molecule has 1 aromatic heterocycles. The summed E-state index contributed by atoms with van der Waals surface area (Å²) in [5, 5.41) is 2.87. The average Bonchev–Trinajstić information content (AvgIpc) is 3.06. The third kappa shape index (κ3) is 4.98. The first-order valence-corrected chi connectivity index (χ1v) is 7.74. The number of rotatable bonds is 7. The molecule has 0 saturated heterocycles. The van der Waals surface area contributed by atoms with E-state index in [0.717, 1.165) is 23.4 Å². The Morgan fingerprint density at radius 3 is 2.65 bits per heavy atom. The van der Waals surface area contributed by atoms with Crippen LogP contribution in [0.15, 0.2) is 47.1 Å². The summed E-state index contributed by atoms with van der Waals surface area (Å²) in [6, 6.07) is 11.3. The number of furan rings is 1. The first kappa shape index (κ1) is 16.8. The summed E-state index contributed by atoms with van der Waals surface area (Å²) in [7, 11) is 1.63. The van der Waals surface area contributed by atoms with Crippen LogP contribution in [0.4, 0.5) is 5.69 Å². The summed E-state index contributed by atoms with van der Waals surface area (Å²) < 4.78 is 5.20.